The Labute approximate surface area is 379 Å². The summed E-state index contributed by atoms with van der Waals surface area (Å²) in [7, 11) is 2.19. The van der Waals surface area contributed by atoms with E-state index in [-0.39, 0.29) is 12.4 Å². The molecule has 1 aromatic heterocycles. The summed E-state index contributed by atoms with van der Waals surface area (Å²) in [5.41, 5.74) is 0. The molecule has 0 aliphatic heterocycles. The van der Waals surface area contributed by atoms with Crippen molar-refractivity contribution in [3.63, 3.8) is 0 Å². The van der Waals surface area contributed by atoms with Crippen molar-refractivity contribution in [2.24, 2.45) is 13.0 Å². The predicted molar refractivity (Wildman–Crippen MR) is 262 cm³/mol. The summed E-state index contributed by atoms with van der Waals surface area (Å²) in [5, 5.41) is 0. The third-order valence-corrected chi connectivity index (χ3v) is 13.6. The van der Waals surface area contributed by atoms with Crippen LogP contribution in [0.2, 0.25) is 0 Å². The van der Waals surface area contributed by atoms with Gasteiger partial charge in [0, 0.05) is 0 Å². The lowest BCUT2D eigenvalue weighted by atomic mass is 9.89. The molecular weight excluding hydrogens is 736 g/mol. The molecule has 0 aromatic carbocycles. The van der Waals surface area contributed by atoms with E-state index in [1.54, 1.807) is 0 Å². The van der Waals surface area contributed by atoms with E-state index in [4.69, 9.17) is 0 Å². The fourth-order valence-corrected chi connectivity index (χ4v) is 9.55. The van der Waals surface area contributed by atoms with Crippen molar-refractivity contribution in [3.8, 4) is 0 Å². The summed E-state index contributed by atoms with van der Waals surface area (Å²) in [6.07, 6.45) is 76.6. The minimum Gasteiger partial charge on any atom is -1.00 e. The van der Waals surface area contributed by atoms with Crippen LogP contribution < -0.4 is 17.0 Å². The average molecular weight is 846 g/mol. The number of rotatable bonds is 48. The van der Waals surface area contributed by atoms with Gasteiger partial charge in [-0.15, -0.1) is 0 Å². The molecule has 1 atom stereocenters. The lowest BCUT2D eigenvalue weighted by molar-refractivity contribution is -0.724. The maximum absolute atomic E-state index is 2.55. The lowest BCUT2D eigenvalue weighted by Gasteiger charge is -2.18. The number of nitrogens with zero attached hydrogens (tertiary/aromatic N) is 2. The molecule has 1 rings (SSSR count). The lowest BCUT2D eigenvalue weighted by Crippen LogP contribution is -3.00. The van der Waals surface area contributed by atoms with Crippen molar-refractivity contribution in [2.75, 3.05) is 0 Å². The molecule has 350 valence electrons. The maximum atomic E-state index is 2.55. The molecule has 0 N–H and O–H groups in total. The van der Waals surface area contributed by atoms with Crippen molar-refractivity contribution in [1.29, 1.82) is 0 Å². The monoisotopic (exact) mass is 845 g/mol. The van der Waals surface area contributed by atoms with Crippen LogP contribution in [-0.4, -0.2) is 4.57 Å². The second-order valence-corrected chi connectivity index (χ2v) is 19.4. The minimum absolute atomic E-state index is 0. The second kappa shape index (κ2) is 48.3. The van der Waals surface area contributed by atoms with E-state index in [9.17, 15) is 0 Å². The molecule has 0 amide bonds. The van der Waals surface area contributed by atoms with E-state index in [1.807, 2.05) is 0 Å². The Morgan fingerprint density at radius 2 is 0.644 bits per heavy atom. The number of imidazole rings is 1. The number of unbranched alkanes of at least 4 members (excludes halogenated alkanes) is 35. The van der Waals surface area contributed by atoms with Crippen LogP contribution in [-0.2, 0) is 7.05 Å². The van der Waals surface area contributed by atoms with Gasteiger partial charge in [-0.3, -0.25) is 0 Å². The first-order valence-corrected chi connectivity index (χ1v) is 27.4. The fourth-order valence-electron chi connectivity index (χ4n) is 9.55. The van der Waals surface area contributed by atoms with Gasteiger partial charge in [0.15, 0.2) is 0 Å². The molecule has 2 nitrogen and oxygen atoms in total. The van der Waals surface area contributed by atoms with Gasteiger partial charge < -0.3 is 12.4 Å². The van der Waals surface area contributed by atoms with E-state index in [1.165, 1.54) is 289 Å². The number of hydrogen-bond donors (Lipinski definition) is 0. The van der Waals surface area contributed by atoms with Crippen LogP contribution in [0, 0.1) is 5.92 Å². The zero-order chi connectivity index (χ0) is 41.7. The van der Waals surface area contributed by atoms with E-state index < -0.39 is 0 Å². The van der Waals surface area contributed by atoms with Crippen molar-refractivity contribution < 1.29 is 17.0 Å². The van der Waals surface area contributed by atoms with Crippen molar-refractivity contribution in [3.05, 3.63) is 30.9 Å². The molecule has 0 aliphatic rings. The van der Waals surface area contributed by atoms with E-state index in [2.05, 4.69) is 67.8 Å². The minimum atomic E-state index is 0. The highest BCUT2D eigenvalue weighted by Gasteiger charge is 2.17. The highest BCUT2D eigenvalue weighted by molar-refractivity contribution is 4.81. The van der Waals surface area contributed by atoms with E-state index in [0.717, 1.165) is 5.92 Å². The molecule has 0 aliphatic carbocycles. The van der Waals surface area contributed by atoms with Crippen LogP contribution in [0.25, 0.3) is 0 Å². The standard InChI is InChI=1S/C56H109N2.ClH/c1-5-8-11-14-17-20-23-26-27-28-29-32-35-38-41-44-50-56(58-53-52-57(4)54-58)51-46-45-49-55(47-42-39-36-33-30-24-21-18-15-12-9-6-2)48-43-40-37-34-31-25-22-19-16-13-10-7-3;/h26-27,52-56H,5-25,28-51H2,1-4H3;1H/q+1;/p-1. The molecule has 3 heteroatoms. The van der Waals surface area contributed by atoms with Gasteiger partial charge in [0.05, 0.1) is 7.05 Å². The van der Waals surface area contributed by atoms with Crippen LogP contribution in [0.3, 0.4) is 0 Å². The molecule has 0 saturated heterocycles. The quantitative estimate of drug-likeness (QED) is 0.0351. The molecule has 59 heavy (non-hydrogen) atoms. The Bertz CT molecular complexity index is 910. The zero-order valence-corrected chi connectivity index (χ0v) is 41.9. The molecule has 0 fully saturated rings. The molecule has 1 heterocycles. The van der Waals surface area contributed by atoms with Crippen molar-refractivity contribution in [2.45, 2.75) is 316 Å². The van der Waals surface area contributed by atoms with Crippen LogP contribution in [0.15, 0.2) is 30.9 Å². The Morgan fingerprint density at radius 3 is 0.966 bits per heavy atom. The Kier molecular flexibility index (Phi) is 47.7. The molecule has 1 aromatic rings. The van der Waals surface area contributed by atoms with Crippen LogP contribution in [0.5, 0.6) is 0 Å². The van der Waals surface area contributed by atoms with Gasteiger partial charge in [-0.1, -0.05) is 270 Å². The number of aromatic nitrogens is 2. The average Bonchev–Trinajstić information content (AvgIpc) is 3.67. The van der Waals surface area contributed by atoms with Gasteiger partial charge >= 0.3 is 0 Å². The topological polar surface area (TPSA) is 8.81 Å². The summed E-state index contributed by atoms with van der Waals surface area (Å²) >= 11 is 0. The normalized spacial score (nSPS) is 12.3. The van der Waals surface area contributed by atoms with Crippen molar-refractivity contribution in [1.82, 2.24) is 4.57 Å². The van der Waals surface area contributed by atoms with Gasteiger partial charge in [-0.2, -0.15) is 0 Å². The van der Waals surface area contributed by atoms with Gasteiger partial charge in [-0.25, -0.2) is 9.13 Å². The first kappa shape index (κ1) is 58.2. The van der Waals surface area contributed by atoms with Crippen molar-refractivity contribution >= 4 is 0 Å². The molecule has 0 saturated carbocycles. The van der Waals surface area contributed by atoms with E-state index >= 15 is 0 Å². The van der Waals surface area contributed by atoms with Gasteiger partial charge in [0.25, 0.3) is 0 Å². The second-order valence-electron chi connectivity index (χ2n) is 19.4. The summed E-state index contributed by atoms with van der Waals surface area (Å²) in [5.74, 6) is 0.977. The van der Waals surface area contributed by atoms with Gasteiger partial charge in [0.2, 0.25) is 6.33 Å². The Hall–Kier alpha value is -0.760. The molecule has 1 unspecified atom stereocenters. The Balaban J connectivity index is 0.0000336. The summed E-state index contributed by atoms with van der Waals surface area (Å²) in [4.78, 5) is 0. The van der Waals surface area contributed by atoms with Crippen LogP contribution in [0.1, 0.15) is 316 Å². The first-order chi connectivity index (χ1) is 28.7. The first-order valence-electron chi connectivity index (χ1n) is 27.4. The maximum Gasteiger partial charge on any atom is 0.243 e. The van der Waals surface area contributed by atoms with Crippen LogP contribution in [0.4, 0.5) is 0 Å². The largest absolute Gasteiger partial charge is 1.00 e. The molecule has 0 radical (unpaired) electrons. The van der Waals surface area contributed by atoms with Crippen LogP contribution >= 0.6 is 0 Å². The number of allylic oxidation sites excluding steroid dienone is 2. The number of aryl methyl sites for hydroxylation is 1. The van der Waals surface area contributed by atoms with E-state index in [0.29, 0.717) is 6.04 Å². The smallest absolute Gasteiger partial charge is 0.243 e. The molecule has 0 spiro atoms. The fraction of sp³-hybridized carbons (Fsp3) is 0.911. The zero-order valence-electron chi connectivity index (χ0n) is 41.1. The SMILES string of the molecule is CCCCCCCCC=CCCCCCCCCC(CCCCC(CCCCCCCCCCCCCC)CCCCCCCCCCCCCC)[n+]1ccn(C)c1.[Cl-]. The number of halogens is 1. The summed E-state index contributed by atoms with van der Waals surface area (Å²) < 4.78 is 4.79. The predicted octanol–water partition coefficient (Wildman–Crippen LogP) is 16.6. The third kappa shape index (κ3) is 41.0. The summed E-state index contributed by atoms with van der Waals surface area (Å²) in [6.45, 7) is 6.95. The van der Waals surface area contributed by atoms with Gasteiger partial charge in [-0.05, 0) is 57.3 Å². The molecular formula is C56H109ClN2. The van der Waals surface area contributed by atoms with Gasteiger partial charge in [0.1, 0.15) is 18.4 Å². The number of hydrogen-bond acceptors (Lipinski definition) is 0. The Morgan fingerprint density at radius 1 is 0.373 bits per heavy atom. The highest BCUT2D eigenvalue weighted by atomic mass is 35.5. The third-order valence-electron chi connectivity index (χ3n) is 13.6. The molecule has 0 bridgehead atoms. The highest BCUT2D eigenvalue weighted by Crippen LogP contribution is 2.26. The summed E-state index contributed by atoms with van der Waals surface area (Å²) in [6, 6.07) is 0.684.